The van der Waals surface area contributed by atoms with Crippen LogP contribution in [0.3, 0.4) is 0 Å². The van der Waals surface area contributed by atoms with Crippen molar-refractivity contribution in [3.8, 4) is 0 Å². The highest BCUT2D eigenvalue weighted by molar-refractivity contribution is 5.72. The Balaban J connectivity index is 2.58. The lowest BCUT2D eigenvalue weighted by Gasteiger charge is -2.31. The maximum absolute atomic E-state index is 11.8. The average Bonchev–Trinajstić information content (AvgIpc) is 2.46. The van der Waals surface area contributed by atoms with Crippen LogP contribution in [0.1, 0.15) is 11.1 Å². The molecule has 3 heteroatoms. The Morgan fingerprint density at radius 2 is 1.32 bits per heavy atom. The van der Waals surface area contributed by atoms with Gasteiger partial charge in [0.05, 0.1) is 0 Å². The molecule has 0 spiro atoms. The number of hydrogen-bond acceptors (Lipinski definition) is 3. The van der Waals surface area contributed by atoms with Crippen molar-refractivity contribution in [1.82, 2.24) is 5.06 Å². The first kappa shape index (κ1) is 13.5. The van der Waals surface area contributed by atoms with Crippen molar-refractivity contribution in [2.24, 2.45) is 0 Å². The molecule has 0 atom stereocenters. The molecule has 0 N–H and O–H groups in total. The van der Waals surface area contributed by atoms with Crippen LogP contribution in [-0.2, 0) is 15.2 Å². The van der Waals surface area contributed by atoms with Gasteiger partial charge >= 0.3 is 0 Å². The Kier molecular flexibility index (Phi) is 4.10. The molecule has 0 fully saturated rings. The second kappa shape index (κ2) is 5.78. The summed E-state index contributed by atoms with van der Waals surface area (Å²) in [6.07, 6.45) is 0.845. The lowest BCUT2D eigenvalue weighted by Crippen LogP contribution is -2.38. The number of aldehydes is 1. The predicted octanol–water partition coefficient (Wildman–Crippen LogP) is 2.62. The number of carbonyl (C=O) groups excluding carboxylic acids is 1. The molecule has 0 saturated carbocycles. The van der Waals surface area contributed by atoms with Gasteiger partial charge in [0.15, 0.2) is 11.9 Å². The van der Waals surface area contributed by atoms with E-state index in [4.69, 9.17) is 4.84 Å². The highest BCUT2D eigenvalue weighted by atomic mass is 16.7. The van der Waals surface area contributed by atoms with E-state index < -0.39 is 5.60 Å². The summed E-state index contributed by atoms with van der Waals surface area (Å²) in [5, 5.41) is 1.55. The minimum atomic E-state index is -1.11. The van der Waals surface area contributed by atoms with Crippen LogP contribution in [0.25, 0.3) is 0 Å². The average molecular weight is 255 g/mol. The summed E-state index contributed by atoms with van der Waals surface area (Å²) in [5.74, 6) is 0. The Bertz CT molecular complexity index is 483. The predicted molar refractivity (Wildman–Crippen MR) is 74.5 cm³/mol. The highest BCUT2D eigenvalue weighted by Crippen LogP contribution is 2.32. The third-order valence-electron chi connectivity index (χ3n) is 2.90. The smallest absolute Gasteiger partial charge is 0.195 e. The van der Waals surface area contributed by atoms with Crippen molar-refractivity contribution in [3.05, 3.63) is 71.8 Å². The van der Waals surface area contributed by atoms with Crippen LogP contribution in [0.2, 0.25) is 0 Å². The largest absolute Gasteiger partial charge is 0.299 e. The molecule has 0 unspecified atom stereocenters. The molecule has 0 bridgehead atoms. The fourth-order valence-corrected chi connectivity index (χ4v) is 2.09. The van der Waals surface area contributed by atoms with Crippen LogP contribution in [-0.4, -0.2) is 25.4 Å². The molecule has 0 aromatic heterocycles. The first-order valence-electron chi connectivity index (χ1n) is 6.13. The molecule has 0 aliphatic rings. The van der Waals surface area contributed by atoms with Gasteiger partial charge in [0.2, 0.25) is 0 Å². The molecular formula is C16H17NO2. The van der Waals surface area contributed by atoms with E-state index in [0.29, 0.717) is 0 Å². The third-order valence-corrected chi connectivity index (χ3v) is 2.90. The minimum absolute atomic E-state index is 0.810. The van der Waals surface area contributed by atoms with Gasteiger partial charge in [-0.1, -0.05) is 60.7 Å². The second-order valence-electron chi connectivity index (χ2n) is 4.49. The summed E-state index contributed by atoms with van der Waals surface area (Å²) in [6.45, 7) is 0. The summed E-state index contributed by atoms with van der Waals surface area (Å²) in [6, 6.07) is 19.0. The maximum atomic E-state index is 11.8. The summed E-state index contributed by atoms with van der Waals surface area (Å²) < 4.78 is 0. The molecule has 2 rings (SSSR count). The number of hydroxylamine groups is 2. The number of benzene rings is 2. The van der Waals surface area contributed by atoms with Gasteiger partial charge in [-0.15, -0.1) is 0 Å². The molecule has 0 radical (unpaired) electrons. The van der Waals surface area contributed by atoms with E-state index in [2.05, 4.69) is 0 Å². The molecule has 0 saturated heterocycles. The molecule has 0 aliphatic heterocycles. The molecule has 19 heavy (non-hydrogen) atoms. The van der Waals surface area contributed by atoms with Gasteiger partial charge in [0.1, 0.15) is 0 Å². The van der Waals surface area contributed by atoms with Crippen LogP contribution in [0, 0.1) is 0 Å². The molecular weight excluding hydrogens is 238 g/mol. The van der Waals surface area contributed by atoms with Gasteiger partial charge in [-0.3, -0.25) is 9.63 Å². The van der Waals surface area contributed by atoms with E-state index in [1.54, 1.807) is 19.2 Å². The molecule has 2 aromatic carbocycles. The SMILES string of the molecule is CN(C)OC(C=O)(c1ccccc1)c1ccccc1. The number of nitrogens with zero attached hydrogens (tertiary/aromatic N) is 1. The van der Waals surface area contributed by atoms with Crippen LogP contribution >= 0.6 is 0 Å². The lowest BCUT2D eigenvalue weighted by atomic mass is 9.87. The molecule has 98 valence electrons. The summed E-state index contributed by atoms with van der Waals surface area (Å²) in [5.41, 5.74) is 0.515. The second-order valence-corrected chi connectivity index (χ2v) is 4.49. The van der Waals surface area contributed by atoms with Crippen LogP contribution in [0.5, 0.6) is 0 Å². The molecule has 0 amide bonds. The van der Waals surface area contributed by atoms with Crippen molar-refractivity contribution < 1.29 is 9.63 Å². The van der Waals surface area contributed by atoms with Gasteiger partial charge in [-0.2, -0.15) is 5.06 Å². The van der Waals surface area contributed by atoms with Crippen LogP contribution in [0.15, 0.2) is 60.7 Å². The van der Waals surface area contributed by atoms with Crippen molar-refractivity contribution >= 4 is 6.29 Å². The lowest BCUT2D eigenvalue weighted by molar-refractivity contribution is -0.201. The van der Waals surface area contributed by atoms with Crippen molar-refractivity contribution in [3.63, 3.8) is 0 Å². The third kappa shape index (κ3) is 2.72. The standard InChI is InChI=1S/C16H17NO2/c1-17(2)19-16(13-18,14-9-5-3-6-10-14)15-11-7-4-8-12-15/h3-13H,1-2H3. The van der Waals surface area contributed by atoms with E-state index in [1.165, 1.54) is 0 Å². The van der Waals surface area contributed by atoms with Crippen molar-refractivity contribution in [1.29, 1.82) is 0 Å². The van der Waals surface area contributed by atoms with Gasteiger partial charge in [-0.25, -0.2) is 0 Å². The van der Waals surface area contributed by atoms with Crippen molar-refractivity contribution in [2.45, 2.75) is 5.60 Å². The van der Waals surface area contributed by atoms with E-state index in [0.717, 1.165) is 17.4 Å². The fraction of sp³-hybridized carbons (Fsp3) is 0.188. The van der Waals surface area contributed by atoms with Crippen LogP contribution < -0.4 is 0 Å². The van der Waals surface area contributed by atoms with Crippen LogP contribution in [0.4, 0.5) is 0 Å². The van der Waals surface area contributed by atoms with Gasteiger partial charge in [-0.05, 0) is 11.1 Å². The molecule has 3 nitrogen and oxygen atoms in total. The zero-order chi connectivity index (χ0) is 13.7. The first-order valence-corrected chi connectivity index (χ1v) is 6.13. The topological polar surface area (TPSA) is 29.5 Å². The van der Waals surface area contributed by atoms with E-state index in [9.17, 15) is 4.79 Å². The Labute approximate surface area is 113 Å². The Morgan fingerprint density at radius 1 is 0.895 bits per heavy atom. The van der Waals surface area contributed by atoms with Crippen molar-refractivity contribution in [2.75, 3.05) is 14.1 Å². The minimum Gasteiger partial charge on any atom is -0.299 e. The number of hydrogen-bond donors (Lipinski definition) is 0. The normalized spacial score (nSPS) is 11.5. The summed E-state index contributed by atoms with van der Waals surface area (Å²) in [4.78, 5) is 17.6. The molecule has 0 aliphatic carbocycles. The summed E-state index contributed by atoms with van der Waals surface area (Å²) in [7, 11) is 3.54. The molecule has 2 aromatic rings. The number of carbonyl (C=O) groups is 1. The maximum Gasteiger partial charge on any atom is 0.195 e. The highest BCUT2D eigenvalue weighted by Gasteiger charge is 2.36. The van der Waals surface area contributed by atoms with E-state index >= 15 is 0 Å². The first-order chi connectivity index (χ1) is 9.19. The fourth-order valence-electron chi connectivity index (χ4n) is 2.09. The van der Waals surface area contributed by atoms with Gasteiger partial charge in [0, 0.05) is 14.1 Å². The van der Waals surface area contributed by atoms with Gasteiger partial charge < -0.3 is 0 Å². The Hall–Kier alpha value is -1.97. The van der Waals surface area contributed by atoms with E-state index in [-0.39, 0.29) is 0 Å². The monoisotopic (exact) mass is 255 g/mol. The number of rotatable bonds is 5. The quantitative estimate of drug-likeness (QED) is 0.607. The summed E-state index contributed by atoms with van der Waals surface area (Å²) >= 11 is 0. The molecule has 0 heterocycles. The Morgan fingerprint density at radius 3 is 1.63 bits per heavy atom. The van der Waals surface area contributed by atoms with Gasteiger partial charge in [0.25, 0.3) is 0 Å². The van der Waals surface area contributed by atoms with E-state index in [1.807, 2.05) is 60.7 Å². The zero-order valence-electron chi connectivity index (χ0n) is 11.1. The zero-order valence-corrected chi connectivity index (χ0v) is 11.1.